The van der Waals surface area contributed by atoms with E-state index in [1.807, 2.05) is 0 Å². The minimum absolute atomic E-state index is 0.0143. The number of aromatic nitrogens is 2. The van der Waals surface area contributed by atoms with E-state index in [4.69, 9.17) is 16.0 Å². The van der Waals surface area contributed by atoms with Crippen LogP contribution < -0.4 is 5.32 Å². The summed E-state index contributed by atoms with van der Waals surface area (Å²) in [5.41, 5.74) is 0.693. The van der Waals surface area contributed by atoms with Crippen LogP contribution in [0.4, 0.5) is 6.01 Å². The van der Waals surface area contributed by atoms with Crippen molar-refractivity contribution in [3.05, 3.63) is 29.3 Å². The molecule has 8 nitrogen and oxygen atoms in total. The maximum absolute atomic E-state index is 12.3. The van der Waals surface area contributed by atoms with Gasteiger partial charge in [0, 0.05) is 29.6 Å². The van der Waals surface area contributed by atoms with Crippen molar-refractivity contribution in [2.24, 2.45) is 5.92 Å². The highest BCUT2D eigenvalue weighted by atomic mass is 35.5. The fourth-order valence-corrected chi connectivity index (χ4v) is 3.64. The van der Waals surface area contributed by atoms with E-state index >= 15 is 0 Å². The summed E-state index contributed by atoms with van der Waals surface area (Å²) in [6.07, 6.45) is 2.08. The lowest BCUT2D eigenvalue weighted by molar-refractivity contribution is -0.121. The monoisotopic (exact) mass is 384 g/mol. The SMILES string of the molecule is CS(=O)(=O)N1CCC(C(=O)Nc2nnc(-c3ccc(Cl)cc3)o2)CC1. The number of carbonyl (C=O) groups is 1. The molecule has 0 spiro atoms. The van der Waals surface area contributed by atoms with Crippen molar-refractivity contribution in [1.29, 1.82) is 0 Å². The lowest BCUT2D eigenvalue weighted by atomic mass is 9.97. The van der Waals surface area contributed by atoms with Crippen LogP contribution in [0.15, 0.2) is 28.7 Å². The van der Waals surface area contributed by atoms with Gasteiger partial charge in [-0.2, -0.15) is 0 Å². The molecule has 1 aromatic heterocycles. The molecule has 1 aliphatic heterocycles. The maximum atomic E-state index is 12.3. The number of carbonyl (C=O) groups excluding carboxylic acids is 1. The van der Waals surface area contributed by atoms with Crippen LogP contribution in [0.1, 0.15) is 12.8 Å². The van der Waals surface area contributed by atoms with Gasteiger partial charge >= 0.3 is 6.01 Å². The lowest BCUT2D eigenvalue weighted by Crippen LogP contribution is -2.40. The topological polar surface area (TPSA) is 105 Å². The molecule has 3 rings (SSSR count). The van der Waals surface area contributed by atoms with Gasteiger partial charge in [0.15, 0.2) is 0 Å². The fourth-order valence-electron chi connectivity index (χ4n) is 2.64. The van der Waals surface area contributed by atoms with Crippen LogP contribution in [-0.2, 0) is 14.8 Å². The Labute approximate surface area is 150 Å². The molecule has 1 N–H and O–H groups in total. The zero-order valence-corrected chi connectivity index (χ0v) is 15.0. The van der Waals surface area contributed by atoms with E-state index in [2.05, 4.69) is 15.5 Å². The zero-order chi connectivity index (χ0) is 18.0. The average molecular weight is 385 g/mol. The summed E-state index contributed by atoms with van der Waals surface area (Å²) < 4.78 is 29.8. The number of hydrogen-bond acceptors (Lipinski definition) is 6. The van der Waals surface area contributed by atoms with Crippen LogP contribution >= 0.6 is 11.6 Å². The molecule has 134 valence electrons. The molecule has 0 radical (unpaired) electrons. The van der Waals surface area contributed by atoms with Crippen LogP contribution in [0, 0.1) is 5.92 Å². The first-order chi connectivity index (χ1) is 11.8. The smallest absolute Gasteiger partial charge is 0.322 e. The molecule has 0 bridgehead atoms. The summed E-state index contributed by atoms with van der Waals surface area (Å²) in [7, 11) is -3.21. The normalized spacial score (nSPS) is 16.7. The predicted octanol–water partition coefficient (Wildman–Crippen LogP) is 2.00. The molecule has 1 aliphatic rings. The molecule has 0 saturated carbocycles. The molecule has 1 amide bonds. The molecule has 2 heterocycles. The number of piperidine rings is 1. The molecule has 1 aromatic carbocycles. The molecule has 1 fully saturated rings. The molecule has 25 heavy (non-hydrogen) atoms. The second-order valence-electron chi connectivity index (χ2n) is 5.84. The second kappa shape index (κ2) is 7.11. The third-order valence-corrected chi connectivity index (χ3v) is 5.60. The summed E-state index contributed by atoms with van der Waals surface area (Å²) in [6.45, 7) is 0.660. The molecular weight excluding hydrogens is 368 g/mol. The quantitative estimate of drug-likeness (QED) is 0.864. The summed E-state index contributed by atoms with van der Waals surface area (Å²) in [5.74, 6) is -0.262. The molecule has 1 saturated heterocycles. The Morgan fingerprint density at radius 1 is 1.24 bits per heavy atom. The standard InChI is InChI=1S/C15H17ClN4O4S/c1-25(22,23)20-8-6-10(7-9-20)13(21)17-15-19-18-14(24-15)11-2-4-12(16)5-3-11/h2-5,10H,6-9H2,1H3,(H,17,19,21). The van der Waals surface area contributed by atoms with E-state index in [0.717, 1.165) is 0 Å². The highest BCUT2D eigenvalue weighted by molar-refractivity contribution is 7.88. The highest BCUT2D eigenvalue weighted by Crippen LogP contribution is 2.24. The number of benzene rings is 1. The van der Waals surface area contributed by atoms with Gasteiger partial charge in [-0.25, -0.2) is 12.7 Å². The van der Waals surface area contributed by atoms with E-state index in [-0.39, 0.29) is 23.7 Å². The van der Waals surface area contributed by atoms with Crippen LogP contribution in [0.3, 0.4) is 0 Å². The minimum atomic E-state index is -3.21. The Morgan fingerprint density at radius 2 is 1.88 bits per heavy atom. The third-order valence-electron chi connectivity index (χ3n) is 4.04. The van der Waals surface area contributed by atoms with Crippen LogP contribution in [0.5, 0.6) is 0 Å². The van der Waals surface area contributed by atoms with Crippen molar-refractivity contribution in [3.63, 3.8) is 0 Å². The number of amides is 1. The summed E-state index contributed by atoms with van der Waals surface area (Å²) in [4.78, 5) is 12.3. The Morgan fingerprint density at radius 3 is 2.48 bits per heavy atom. The van der Waals surface area contributed by atoms with Crippen molar-refractivity contribution in [2.75, 3.05) is 24.7 Å². The number of rotatable bonds is 4. The molecule has 0 aliphatic carbocycles. The second-order valence-corrected chi connectivity index (χ2v) is 8.26. The van der Waals surface area contributed by atoms with E-state index in [1.165, 1.54) is 10.6 Å². The van der Waals surface area contributed by atoms with Crippen molar-refractivity contribution in [1.82, 2.24) is 14.5 Å². The predicted molar refractivity (Wildman–Crippen MR) is 92.5 cm³/mol. The van der Waals surface area contributed by atoms with Gasteiger partial charge in [0.2, 0.25) is 21.8 Å². The highest BCUT2D eigenvalue weighted by Gasteiger charge is 2.29. The van der Waals surface area contributed by atoms with Crippen LogP contribution in [-0.4, -0.2) is 48.2 Å². The first-order valence-electron chi connectivity index (χ1n) is 7.68. The van der Waals surface area contributed by atoms with E-state index < -0.39 is 10.0 Å². The number of hydrogen-bond donors (Lipinski definition) is 1. The molecule has 0 unspecified atom stereocenters. The summed E-state index contributed by atoms with van der Waals surface area (Å²) >= 11 is 5.83. The molecule has 10 heteroatoms. The van der Waals surface area contributed by atoms with Gasteiger partial charge in [0.25, 0.3) is 0 Å². The van der Waals surface area contributed by atoms with E-state index in [0.29, 0.717) is 36.5 Å². The van der Waals surface area contributed by atoms with Crippen LogP contribution in [0.25, 0.3) is 11.5 Å². The molecular formula is C15H17ClN4O4S. The average Bonchev–Trinajstić information content (AvgIpc) is 3.03. The number of nitrogens with zero attached hydrogens (tertiary/aromatic N) is 3. The first-order valence-corrected chi connectivity index (χ1v) is 9.91. The van der Waals surface area contributed by atoms with Gasteiger partial charge in [-0.05, 0) is 37.1 Å². The zero-order valence-electron chi connectivity index (χ0n) is 13.5. The van der Waals surface area contributed by atoms with Crippen molar-refractivity contribution in [2.45, 2.75) is 12.8 Å². The van der Waals surface area contributed by atoms with Crippen molar-refractivity contribution in [3.8, 4) is 11.5 Å². The number of sulfonamides is 1. The number of anilines is 1. The fraction of sp³-hybridized carbons (Fsp3) is 0.400. The molecule has 2 aromatic rings. The van der Waals surface area contributed by atoms with Gasteiger partial charge in [0.1, 0.15) is 0 Å². The van der Waals surface area contributed by atoms with E-state index in [1.54, 1.807) is 24.3 Å². The van der Waals surface area contributed by atoms with Gasteiger partial charge < -0.3 is 4.42 Å². The lowest BCUT2D eigenvalue weighted by Gasteiger charge is -2.29. The number of nitrogens with one attached hydrogen (secondary N) is 1. The summed E-state index contributed by atoms with van der Waals surface area (Å²) in [6, 6.07) is 6.90. The Kier molecular flexibility index (Phi) is 5.07. The minimum Gasteiger partial charge on any atom is -0.403 e. The van der Waals surface area contributed by atoms with Gasteiger partial charge in [-0.3, -0.25) is 10.1 Å². The van der Waals surface area contributed by atoms with Gasteiger partial charge in [-0.1, -0.05) is 16.7 Å². The Bertz CT molecular complexity index is 858. The Hall–Kier alpha value is -1.97. The number of halogens is 1. The largest absolute Gasteiger partial charge is 0.403 e. The van der Waals surface area contributed by atoms with Gasteiger partial charge in [0.05, 0.1) is 6.26 Å². The Balaban J connectivity index is 1.60. The third kappa shape index (κ3) is 4.36. The van der Waals surface area contributed by atoms with E-state index in [9.17, 15) is 13.2 Å². The maximum Gasteiger partial charge on any atom is 0.322 e. The van der Waals surface area contributed by atoms with Crippen molar-refractivity contribution >= 4 is 33.5 Å². The molecule has 0 atom stereocenters. The van der Waals surface area contributed by atoms with Crippen LogP contribution in [0.2, 0.25) is 5.02 Å². The first kappa shape index (κ1) is 17.8. The summed E-state index contributed by atoms with van der Waals surface area (Å²) in [5, 5.41) is 10.9. The van der Waals surface area contributed by atoms with Crippen molar-refractivity contribution < 1.29 is 17.6 Å². The van der Waals surface area contributed by atoms with Gasteiger partial charge in [-0.15, -0.1) is 5.10 Å².